The van der Waals surface area contributed by atoms with E-state index in [1.165, 1.54) is 12.1 Å². The van der Waals surface area contributed by atoms with Gasteiger partial charge in [0.25, 0.3) is 5.69 Å². The number of para-hydroxylation sites is 1. The molecule has 0 aliphatic rings. The molecule has 0 amide bonds. The van der Waals surface area contributed by atoms with E-state index in [1.54, 1.807) is 31.2 Å². The molecule has 0 aromatic heterocycles. The summed E-state index contributed by atoms with van der Waals surface area (Å²) in [5.74, 6) is -0.389. The normalized spacial score (nSPS) is 10.5. The van der Waals surface area contributed by atoms with Crippen molar-refractivity contribution in [3.8, 4) is 0 Å². The van der Waals surface area contributed by atoms with Gasteiger partial charge in [-0.1, -0.05) is 24.3 Å². The molecule has 0 saturated heterocycles. The highest BCUT2D eigenvalue weighted by molar-refractivity contribution is 5.81. The number of carbonyl (C=O) groups is 1. The SMILES string of the molecule is CCOC(=O)/C=C/CCc1ccccc1[N+](=O)[O-]. The first-order valence-electron chi connectivity index (χ1n) is 5.70. The molecule has 0 aliphatic heterocycles. The van der Waals surface area contributed by atoms with Gasteiger partial charge in [0, 0.05) is 17.7 Å². The van der Waals surface area contributed by atoms with E-state index in [-0.39, 0.29) is 11.7 Å². The average molecular weight is 249 g/mol. The van der Waals surface area contributed by atoms with Gasteiger partial charge in [0.2, 0.25) is 0 Å². The van der Waals surface area contributed by atoms with E-state index in [2.05, 4.69) is 0 Å². The van der Waals surface area contributed by atoms with Crippen LogP contribution >= 0.6 is 0 Å². The van der Waals surface area contributed by atoms with Gasteiger partial charge in [-0.15, -0.1) is 0 Å². The van der Waals surface area contributed by atoms with Crippen LogP contribution in [-0.4, -0.2) is 17.5 Å². The topological polar surface area (TPSA) is 69.4 Å². The summed E-state index contributed by atoms with van der Waals surface area (Å²) in [6.07, 6.45) is 4.09. The van der Waals surface area contributed by atoms with E-state index in [0.29, 0.717) is 25.0 Å². The third kappa shape index (κ3) is 4.37. The van der Waals surface area contributed by atoms with Crippen LogP contribution in [0.5, 0.6) is 0 Å². The van der Waals surface area contributed by atoms with Crippen LogP contribution in [0.15, 0.2) is 36.4 Å². The number of nitro benzene ring substituents is 1. The summed E-state index contributed by atoms with van der Waals surface area (Å²) < 4.78 is 4.72. The molecule has 1 aromatic rings. The molecule has 0 atom stereocenters. The van der Waals surface area contributed by atoms with Gasteiger partial charge in [-0.3, -0.25) is 10.1 Å². The molecule has 18 heavy (non-hydrogen) atoms. The summed E-state index contributed by atoms with van der Waals surface area (Å²) in [6.45, 7) is 2.08. The largest absolute Gasteiger partial charge is 0.463 e. The number of nitrogens with zero attached hydrogens (tertiary/aromatic N) is 1. The van der Waals surface area contributed by atoms with Gasteiger partial charge in [-0.05, 0) is 19.8 Å². The standard InChI is InChI=1S/C13H15NO4/c1-2-18-13(15)10-6-4-8-11-7-3-5-9-12(11)14(16)17/h3,5-7,9-10H,2,4,8H2,1H3/b10-6+. The number of rotatable bonds is 6. The first kappa shape index (κ1) is 13.9. The molecular weight excluding hydrogens is 234 g/mol. The lowest BCUT2D eigenvalue weighted by Crippen LogP contribution is -1.99. The molecule has 0 fully saturated rings. The molecule has 1 aromatic carbocycles. The number of hydrogen-bond donors (Lipinski definition) is 0. The average Bonchev–Trinajstić information content (AvgIpc) is 2.35. The third-order valence-corrected chi connectivity index (χ3v) is 2.31. The summed E-state index contributed by atoms with van der Waals surface area (Å²) in [5.41, 5.74) is 0.776. The number of aryl methyl sites for hydroxylation is 1. The van der Waals surface area contributed by atoms with Crippen LogP contribution in [0.2, 0.25) is 0 Å². The molecule has 96 valence electrons. The van der Waals surface area contributed by atoms with Crippen molar-refractivity contribution in [1.82, 2.24) is 0 Å². The lowest BCUT2D eigenvalue weighted by molar-refractivity contribution is -0.385. The Morgan fingerprint density at radius 1 is 1.44 bits per heavy atom. The predicted molar refractivity (Wildman–Crippen MR) is 67.2 cm³/mol. The second-order valence-corrected chi connectivity index (χ2v) is 3.58. The van der Waals surface area contributed by atoms with Gasteiger partial charge < -0.3 is 4.74 Å². The van der Waals surface area contributed by atoms with Crippen LogP contribution in [0.3, 0.4) is 0 Å². The van der Waals surface area contributed by atoms with Crippen molar-refractivity contribution < 1.29 is 14.5 Å². The van der Waals surface area contributed by atoms with Gasteiger partial charge in [0.15, 0.2) is 0 Å². The summed E-state index contributed by atoms with van der Waals surface area (Å²) in [4.78, 5) is 21.4. The maximum atomic E-state index is 11.0. The fraction of sp³-hybridized carbons (Fsp3) is 0.308. The van der Waals surface area contributed by atoms with Crippen molar-refractivity contribution in [2.24, 2.45) is 0 Å². The Bertz CT molecular complexity index is 454. The van der Waals surface area contributed by atoms with Crippen molar-refractivity contribution >= 4 is 11.7 Å². The molecule has 0 aliphatic carbocycles. The summed E-state index contributed by atoms with van der Waals surface area (Å²) in [5, 5.41) is 10.8. The van der Waals surface area contributed by atoms with Crippen molar-refractivity contribution in [2.45, 2.75) is 19.8 Å². The fourth-order valence-corrected chi connectivity index (χ4v) is 1.51. The second-order valence-electron chi connectivity index (χ2n) is 3.58. The van der Waals surface area contributed by atoms with E-state index in [1.807, 2.05) is 0 Å². The maximum absolute atomic E-state index is 11.0. The van der Waals surface area contributed by atoms with Crippen LogP contribution in [0.25, 0.3) is 0 Å². The Labute approximate surface area is 105 Å². The minimum Gasteiger partial charge on any atom is -0.463 e. The number of ether oxygens (including phenoxy) is 1. The van der Waals surface area contributed by atoms with Crippen molar-refractivity contribution in [2.75, 3.05) is 6.61 Å². The molecule has 0 radical (unpaired) electrons. The zero-order valence-electron chi connectivity index (χ0n) is 10.2. The quantitative estimate of drug-likeness (QED) is 0.336. The van der Waals surface area contributed by atoms with Gasteiger partial charge >= 0.3 is 5.97 Å². The van der Waals surface area contributed by atoms with E-state index in [0.717, 1.165) is 0 Å². The Morgan fingerprint density at radius 3 is 2.83 bits per heavy atom. The Hall–Kier alpha value is -2.17. The van der Waals surface area contributed by atoms with Crippen molar-refractivity contribution in [3.63, 3.8) is 0 Å². The van der Waals surface area contributed by atoms with E-state index in [9.17, 15) is 14.9 Å². The Kier molecular flexibility index (Phi) is 5.57. The highest BCUT2D eigenvalue weighted by Gasteiger charge is 2.10. The number of nitro groups is 1. The van der Waals surface area contributed by atoms with Crippen LogP contribution in [0, 0.1) is 10.1 Å². The van der Waals surface area contributed by atoms with E-state index >= 15 is 0 Å². The van der Waals surface area contributed by atoms with Gasteiger partial charge in [-0.25, -0.2) is 4.79 Å². The molecule has 5 heteroatoms. The van der Waals surface area contributed by atoms with Crippen LogP contribution in [-0.2, 0) is 16.0 Å². The molecular formula is C13H15NO4. The van der Waals surface area contributed by atoms with Crippen LogP contribution in [0.4, 0.5) is 5.69 Å². The number of benzene rings is 1. The Morgan fingerprint density at radius 2 is 2.17 bits per heavy atom. The molecule has 0 heterocycles. The van der Waals surface area contributed by atoms with Crippen LogP contribution in [0.1, 0.15) is 18.9 Å². The summed E-state index contributed by atoms with van der Waals surface area (Å²) >= 11 is 0. The Balaban J connectivity index is 2.54. The summed E-state index contributed by atoms with van der Waals surface area (Å²) in [7, 11) is 0. The number of carbonyl (C=O) groups excluding carboxylic acids is 1. The van der Waals surface area contributed by atoms with Crippen LogP contribution < -0.4 is 0 Å². The number of allylic oxidation sites excluding steroid dienone is 1. The third-order valence-electron chi connectivity index (χ3n) is 2.31. The molecule has 0 saturated carbocycles. The first-order valence-corrected chi connectivity index (χ1v) is 5.70. The maximum Gasteiger partial charge on any atom is 0.330 e. The lowest BCUT2D eigenvalue weighted by Gasteiger charge is -2.00. The number of hydrogen-bond acceptors (Lipinski definition) is 4. The molecule has 5 nitrogen and oxygen atoms in total. The second kappa shape index (κ2) is 7.21. The zero-order valence-corrected chi connectivity index (χ0v) is 10.2. The first-order chi connectivity index (χ1) is 8.65. The molecule has 0 N–H and O–H groups in total. The van der Waals surface area contributed by atoms with Crippen molar-refractivity contribution in [1.29, 1.82) is 0 Å². The van der Waals surface area contributed by atoms with E-state index in [4.69, 9.17) is 4.74 Å². The highest BCUT2D eigenvalue weighted by atomic mass is 16.6. The van der Waals surface area contributed by atoms with Gasteiger partial charge in [0.1, 0.15) is 0 Å². The molecule has 0 unspecified atom stereocenters. The highest BCUT2D eigenvalue weighted by Crippen LogP contribution is 2.19. The minimum absolute atomic E-state index is 0.113. The van der Waals surface area contributed by atoms with E-state index < -0.39 is 4.92 Å². The molecule has 0 spiro atoms. The molecule has 0 bridgehead atoms. The fourth-order valence-electron chi connectivity index (χ4n) is 1.51. The molecule has 1 rings (SSSR count). The summed E-state index contributed by atoms with van der Waals surface area (Å²) in [6, 6.07) is 6.59. The van der Waals surface area contributed by atoms with Gasteiger partial charge in [-0.2, -0.15) is 0 Å². The lowest BCUT2D eigenvalue weighted by atomic mass is 10.1. The van der Waals surface area contributed by atoms with Crippen molar-refractivity contribution in [3.05, 3.63) is 52.1 Å². The zero-order chi connectivity index (χ0) is 13.4. The number of esters is 1. The van der Waals surface area contributed by atoms with Gasteiger partial charge in [0.05, 0.1) is 11.5 Å². The monoisotopic (exact) mass is 249 g/mol. The smallest absolute Gasteiger partial charge is 0.330 e. The minimum atomic E-state index is -0.398. The predicted octanol–water partition coefficient (Wildman–Crippen LogP) is 2.65.